The fourth-order valence-electron chi connectivity index (χ4n) is 2.25. The topological polar surface area (TPSA) is 76.2 Å². The van der Waals surface area contributed by atoms with Crippen LogP contribution in [0, 0.1) is 13.8 Å². The maximum absolute atomic E-state index is 10.8. The van der Waals surface area contributed by atoms with Crippen molar-refractivity contribution in [3.05, 3.63) is 41.1 Å². The predicted octanol–water partition coefficient (Wildman–Crippen LogP) is 1.81. The largest absolute Gasteiger partial charge is 0.480 e. The molecule has 1 atom stereocenters. The first kappa shape index (κ1) is 12.5. The minimum absolute atomic E-state index is 0.318. The molecule has 2 aromatic rings. The van der Waals surface area contributed by atoms with Crippen molar-refractivity contribution in [2.75, 3.05) is 0 Å². The molecule has 0 bridgehead atoms. The first-order chi connectivity index (χ1) is 8.49. The van der Waals surface area contributed by atoms with E-state index in [9.17, 15) is 4.79 Å². The van der Waals surface area contributed by atoms with Crippen molar-refractivity contribution >= 4 is 16.9 Å². The van der Waals surface area contributed by atoms with Crippen molar-refractivity contribution in [1.82, 2.24) is 4.98 Å². The molecule has 2 rings (SSSR count). The lowest BCUT2D eigenvalue weighted by atomic mass is 9.97. The third-order valence-corrected chi connectivity index (χ3v) is 3.03. The van der Waals surface area contributed by atoms with E-state index in [1.54, 1.807) is 6.20 Å². The summed E-state index contributed by atoms with van der Waals surface area (Å²) in [6.07, 6.45) is 2.02. The van der Waals surface area contributed by atoms with Crippen LogP contribution < -0.4 is 5.73 Å². The molecule has 0 spiro atoms. The summed E-state index contributed by atoms with van der Waals surface area (Å²) in [4.78, 5) is 15.2. The summed E-state index contributed by atoms with van der Waals surface area (Å²) >= 11 is 0. The van der Waals surface area contributed by atoms with Crippen molar-refractivity contribution in [1.29, 1.82) is 0 Å². The van der Waals surface area contributed by atoms with Gasteiger partial charge in [-0.05, 0) is 49.1 Å². The number of carboxylic acid groups (broad SMARTS) is 1. The smallest absolute Gasteiger partial charge is 0.320 e. The molecule has 0 aliphatic heterocycles. The van der Waals surface area contributed by atoms with Crippen LogP contribution in [0.1, 0.15) is 16.7 Å². The molecule has 4 nitrogen and oxygen atoms in total. The number of carbonyl (C=O) groups is 1. The first-order valence-electron chi connectivity index (χ1n) is 5.82. The van der Waals surface area contributed by atoms with E-state index in [-0.39, 0.29) is 0 Å². The van der Waals surface area contributed by atoms with E-state index in [0.717, 1.165) is 27.6 Å². The van der Waals surface area contributed by atoms with Gasteiger partial charge in [0.2, 0.25) is 0 Å². The Balaban J connectivity index is 2.55. The maximum atomic E-state index is 10.8. The predicted molar refractivity (Wildman–Crippen MR) is 70.5 cm³/mol. The SMILES string of the molecule is Cc1cc(C)c2c(CC(N)C(=O)O)ccnc2c1. The van der Waals surface area contributed by atoms with E-state index < -0.39 is 12.0 Å². The second-order valence-electron chi connectivity index (χ2n) is 4.59. The van der Waals surface area contributed by atoms with Gasteiger partial charge in [-0.3, -0.25) is 9.78 Å². The highest BCUT2D eigenvalue weighted by molar-refractivity contribution is 5.87. The molecule has 0 aliphatic carbocycles. The molecule has 0 aliphatic rings. The van der Waals surface area contributed by atoms with Crippen LogP contribution in [0.5, 0.6) is 0 Å². The number of carboxylic acids is 1. The molecule has 0 radical (unpaired) electrons. The van der Waals surface area contributed by atoms with Crippen molar-refractivity contribution < 1.29 is 9.90 Å². The summed E-state index contributed by atoms with van der Waals surface area (Å²) in [6, 6.07) is 5.03. The summed E-state index contributed by atoms with van der Waals surface area (Å²) in [5.41, 5.74) is 9.68. The van der Waals surface area contributed by atoms with Crippen molar-refractivity contribution in [3.8, 4) is 0 Å². The number of nitrogens with zero attached hydrogens (tertiary/aromatic N) is 1. The summed E-state index contributed by atoms with van der Waals surface area (Å²) in [5, 5.41) is 9.90. The molecule has 94 valence electrons. The minimum Gasteiger partial charge on any atom is -0.480 e. The minimum atomic E-state index is -0.982. The summed E-state index contributed by atoms with van der Waals surface area (Å²) in [5.74, 6) is -0.982. The summed E-state index contributed by atoms with van der Waals surface area (Å²) < 4.78 is 0. The standard InChI is InChI=1S/C14H16N2O2/c1-8-5-9(2)13-10(7-11(15)14(17)18)3-4-16-12(13)6-8/h3-6,11H,7,15H2,1-2H3,(H,17,18). The number of benzene rings is 1. The van der Waals surface area contributed by atoms with Crippen LogP contribution in [0.4, 0.5) is 0 Å². The van der Waals surface area contributed by atoms with Crippen LogP contribution in [0.3, 0.4) is 0 Å². The second kappa shape index (κ2) is 4.74. The Morgan fingerprint density at radius 3 is 2.83 bits per heavy atom. The number of pyridine rings is 1. The normalized spacial score (nSPS) is 12.6. The molecule has 0 saturated heterocycles. The Hall–Kier alpha value is -1.94. The van der Waals surface area contributed by atoms with Gasteiger partial charge in [0, 0.05) is 11.6 Å². The van der Waals surface area contributed by atoms with Gasteiger partial charge in [0.05, 0.1) is 5.52 Å². The number of aromatic nitrogens is 1. The third-order valence-electron chi connectivity index (χ3n) is 3.03. The number of nitrogens with two attached hydrogens (primary N) is 1. The molecule has 3 N–H and O–H groups in total. The van der Waals surface area contributed by atoms with E-state index in [0.29, 0.717) is 6.42 Å². The van der Waals surface area contributed by atoms with Crippen molar-refractivity contribution in [2.45, 2.75) is 26.3 Å². The fourth-order valence-corrected chi connectivity index (χ4v) is 2.25. The van der Waals surface area contributed by atoms with Crippen LogP contribution >= 0.6 is 0 Å². The van der Waals surface area contributed by atoms with Gasteiger partial charge in [0.1, 0.15) is 6.04 Å². The first-order valence-corrected chi connectivity index (χ1v) is 5.82. The number of aliphatic carboxylic acids is 1. The van der Waals surface area contributed by atoms with E-state index >= 15 is 0 Å². The Labute approximate surface area is 105 Å². The second-order valence-corrected chi connectivity index (χ2v) is 4.59. The molecule has 1 unspecified atom stereocenters. The quantitative estimate of drug-likeness (QED) is 0.863. The number of rotatable bonds is 3. The number of fused-ring (bicyclic) bond motifs is 1. The molecular weight excluding hydrogens is 228 g/mol. The van der Waals surface area contributed by atoms with Crippen LogP contribution in [-0.2, 0) is 11.2 Å². The van der Waals surface area contributed by atoms with E-state index in [1.165, 1.54) is 0 Å². The number of aryl methyl sites for hydroxylation is 2. The molecule has 1 heterocycles. The van der Waals surface area contributed by atoms with E-state index in [4.69, 9.17) is 10.8 Å². The molecule has 1 aromatic carbocycles. The van der Waals surface area contributed by atoms with Gasteiger partial charge < -0.3 is 10.8 Å². The molecule has 0 amide bonds. The summed E-state index contributed by atoms with van der Waals surface area (Å²) in [6.45, 7) is 4.02. The lowest BCUT2D eigenvalue weighted by molar-refractivity contribution is -0.138. The zero-order valence-electron chi connectivity index (χ0n) is 10.5. The molecule has 18 heavy (non-hydrogen) atoms. The maximum Gasteiger partial charge on any atom is 0.320 e. The Kier molecular flexibility index (Phi) is 3.30. The highest BCUT2D eigenvalue weighted by atomic mass is 16.4. The summed E-state index contributed by atoms with van der Waals surface area (Å²) in [7, 11) is 0. The van der Waals surface area contributed by atoms with E-state index in [2.05, 4.69) is 11.1 Å². The highest BCUT2D eigenvalue weighted by Crippen LogP contribution is 2.23. The number of hydrogen-bond acceptors (Lipinski definition) is 3. The van der Waals surface area contributed by atoms with E-state index in [1.807, 2.05) is 26.0 Å². The average Bonchev–Trinajstić information content (AvgIpc) is 2.27. The molecule has 4 heteroatoms. The van der Waals surface area contributed by atoms with Crippen LogP contribution in [0.15, 0.2) is 24.4 Å². The van der Waals surface area contributed by atoms with Gasteiger partial charge in [0.15, 0.2) is 0 Å². The van der Waals surface area contributed by atoms with Gasteiger partial charge >= 0.3 is 5.97 Å². The molecular formula is C14H16N2O2. The highest BCUT2D eigenvalue weighted by Gasteiger charge is 2.15. The fraction of sp³-hybridized carbons (Fsp3) is 0.286. The van der Waals surface area contributed by atoms with Crippen LogP contribution in [0.25, 0.3) is 10.9 Å². The monoisotopic (exact) mass is 244 g/mol. The number of hydrogen-bond donors (Lipinski definition) is 2. The molecule has 0 fully saturated rings. The van der Waals surface area contributed by atoms with Gasteiger partial charge in [-0.2, -0.15) is 0 Å². The Morgan fingerprint density at radius 1 is 1.44 bits per heavy atom. The molecule has 0 saturated carbocycles. The Morgan fingerprint density at radius 2 is 2.17 bits per heavy atom. The van der Waals surface area contributed by atoms with Crippen molar-refractivity contribution in [3.63, 3.8) is 0 Å². The van der Waals surface area contributed by atoms with Crippen LogP contribution in [-0.4, -0.2) is 22.1 Å². The lowest BCUT2D eigenvalue weighted by Gasteiger charge is -2.12. The van der Waals surface area contributed by atoms with Crippen LogP contribution in [0.2, 0.25) is 0 Å². The van der Waals surface area contributed by atoms with Gasteiger partial charge in [-0.25, -0.2) is 0 Å². The zero-order chi connectivity index (χ0) is 13.3. The third kappa shape index (κ3) is 2.33. The zero-order valence-corrected chi connectivity index (χ0v) is 10.5. The van der Waals surface area contributed by atoms with Gasteiger partial charge in [-0.15, -0.1) is 0 Å². The lowest BCUT2D eigenvalue weighted by Crippen LogP contribution is -2.32. The molecule has 1 aromatic heterocycles. The van der Waals surface area contributed by atoms with Gasteiger partial charge in [-0.1, -0.05) is 6.07 Å². The Bertz CT molecular complexity index is 608. The van der Waals surface area contributed by atoms with Gasteiger partial charge in [0.25, 0.3) is 0 Å². The van der Waals surface area contributed by atoms with Crippen molar-refractivity contribution in [2.24, 2.45) is 5.73 Å². The average molecular weight is 244 g/mol.